The highest BCUT2D eigenvalue weighted by molar-refractivity contribution is 5.44. The molecule has 0 bridgehead atoms. The Kier molecular flexibility index (Phi) is 6.68. The molecular weight excluding hydrogens is 352 g/mol. The molecule has 3 rings (SSSR count). The number of rotatable bonds is 9. The minimum atomic E-state index is 0.589. The van der Waals surface area contributed by atoms with Crippen molar-refractivity contribution >= 4 is 11.8 Å². The third kappa shape index (κ3) is 5.13. The molecule has 0 fully saturated rings. The van der Waals surface area contributed by atoms with Gasteiger partial charge in [-0.25, -0.2) is 4.98 Å². The maximum atomic E-state index is 5.41. The van der Waals surface area contributed by atoms with Gasteiger partial charge in [0.1, 0.15) is 17.3 Å². The Morgan fingerprint density at radius 3 is 2.18 bits per heavy atom. The van der Waals surface area contributed by atoms with Crippen LogP contribution in [0.1, 0.15) is 16.8 Å². The molecule has 2 N–H and O–H groups in total. The van der Waals surface area contributed by atoms with Crippen LogP contribution in [0.25, 0.3) is 0 Å². The molecule has 0 radical (unpaired) electrons. The van der Waals surface area contributed by atoms with Crippen LogP contribution < -0.4 is 20.1 Å². The molecule has 0 amide bonds. The van der Waals surface area contributed by atoms with Gasteiger partial charge in [-0.2, -0.15) is 4.98 Å². The number of hydrogen-bond donors (Lipinski definition) is 2. The highest BCUT2D eigenvalue weighted by Gasteiger charge is 2.06. The second-order valence-electron chi connectivity index (χ2n) is 6.37. The second kappa shape index (κ2) is 9.60. The molecule has 0 atom stereocenters. The molecule has 0 aliphatic heterocycles. The number of para-hydroxylation sites is 2. The first-order valence-electron chi connectivity index (χ1n) is 9.27. The second-order valence-corrected chi connectivity index (χ2v) is 6.37. The van der Waals surface area contributed by atoms with E-state index in [1.807, 2.05) is 55.5 Å². The van der Waals surface area contributed by atoms with Gasteiger partial charge in [0.25, 0.3) is 0 Å². The lowest BCUT2D eigenvalue weighted by molar-refractivity contribution is 0.410. The van der Waals surface area contributed by atoms with Gasteiger partial charge in [-0.1, -0.05) is 36.4 Å². The van der Waals surface area contributed by atoms with Gasteiger partial charge in [0.2, 0.25) is 5.95 Å². The number of nitrogens with one attached hydrogen (secondary N) is 2. The largest absolute Gasteiger partial charge is 0.496 e. The summed E-state index contributed by atoms with van der Waals surface area (Å²) in [5.74, 6) is 3.13. The fourth-order valence-electron chi connectivity index (χ4n) is 3.00. The summed E-state index contributed by atoms with van der Waals surface area (Å²) < 4.78 is 10.8. The average molecular weight is 378 g/mol. The predicted molar refractivity (Wildman–Crippen MR) is 112 cm³/mol. The first kappa shape index (κ1) is 19.5. The number of aryl methyl sites for hydroxylation is 1. The van der Waals surface area contributed by atoms with E-state index in [0.29, 0.717) is 12.5 Å². The molecule has 0 spiro atoms. The molecule has 0 unspecified atom stereocenters. The third-order valence-electron chi connectivity index (χ3n) is 4.38. The fraction of sp³-hybridized carbons (Fsp3) is 0.273. The van der Waals surface area contributed by atoms with E-state index in [1.165, 1.54) is 0 Å². The van der Waals surface area contributed by atoms with E-state index in [2.05, 4.69) is 26.7 Å². The lowest BCUT2D eigenvalue weighted by Gasteiger charge is -2.12. The van der Waals surface area contributed by atoms with E-state index in [4.69, 9.17) is 9.47 Å². The summed E-state index contributed by atoms with van der Waals surface area (Å²) >= 11 is 0. The zero-order valence-corrected chi connectivity index (χ0v) is 16.5. The van der Waals surface area contributed by atoms with Gasteiger partial charge < -0.3 is 20.1 Å². The van der Waals surface area contributed by atoms with Crippen LogP contribution in [0.15, 0.2) is 54.6 Å². The van der Waals surface area contributed by atoms with Gasteiger partial charge in [0.05, 0.1) is 14.2 Å². The lowest BCUT2D eigenvalue weighted by atomic mass is 10.1. The molecule has 1 aromatic heterocycles. The van der Waals surface area contributed by atoms with E-state index in [9.17, 15) is 0 Å². The van der Waals surface area contributed by atoms with Crippen molar-refractivity contribution in [3.05, 3.63) is 71.4 Å². The highest BCUT2D eigenvalue weighted by atomic mass is 16.5. The number of ether oxygens (including phenoxy) is 2. The molecule has 0 aliphatic rings. The van der Waals surface area contributed by atoms with Crippen LogP contribution in [-0.4, -0.2) is 30.7 Å². The molecular formula is C22H26N4O2. The summed E-state index contributed by atoms with van der Waals surface area (Å²) in [7, 11) is 3.37. The van der Waals surface area contributed by atoms with Crippen LogP contribution in [0.2, 0.25) is 0 Å². The molecule has 28 heavy (non-hydrogen) atoms. The molecule has 6 nitrogen and oxygen atoms in total. The number of aromatic nitrogens is 2. The van der Waals surface area contributed by atoms with Gasteiger partial charge in [0.15, 0.2) is 0 Å². The van der Waals surface area contributed by atoms with Crippen molar-refractivity contribution in [2.45, 2.75) is 19.9 Å². The molecule has 1 heterocycles. The third-order valence-corrected chi connectivity index (χ3v) is 4.38. The van der Waals surface area contributed by atoms with Crippen molar-refractivity contribution in [3.8, 4) is 11.5 Å². The summed E-state index contributed by atoms with van der Waals surface area (Å²) in [6, 6.07) is 17.9. The molecule has 3 aromatic rings. The normalized spacial score (nSPS) is 10.4. The Balaban J connectivity index is 1.61. The van der Waals surface area contributed by atoms with E-state index in [-0.39, 0.29) is 0 Å². The van der Waals surface area contributed by atoms with Crippen molar-refractivity contribution < 1.29 is 9.47 Å². The van der Waals surface area contributed by atoms with Crippen molar-refractivity contribution in [1.29, 1.82) is 0 Å². The lowest BCUT2D eigenvalue weighted by Crippen LogP contribution is -2.10. The smallest absolute Gasteiger partial charge is 0.225 e. The number of nitrogens with zero attached hydrogens (tertiary/aromatic N) is 2. The minimum absolute atomic E-state index is 0.589. The Morgan fingerprint density at radius 2 is 1.46 bits per heavy atom. The van der Waals surface area contributed by atoms with Crippen LogP contribution >= 0.6 is 0 Å². The van der Waals surface area contributed by atoms with Gasteiger partial charge >= 0.3 is 0 Å². The Labute approximate surface area is 166 Å². The number of benzene rings is 2. The predicted octanol–water partition coefficient (Wildman–Crippen LogP) is 4.07. The van der Waals surface area contributed by atoms with Crippen LogP contribution in [0.3, 0.4) is 0 Å². The van der Waals surface area contributed by atoms with Gasteiger partial charge in [-0.15, -0.1) is 0 Å². The average Bonchev–Trinajstić information content (AvgIpc) is 2.72. The van der Waals surface area contributed by atoms with Gasteiger partial charge in [-0.05, 0) is 31.0 Å². The summed E-state index contributed by atoms with van der Waals surface area (Å²) in [4.78, 5) is 9.05. The summed E-state index contributed by atoms with van der Waals surface area (Å²) in [5.41, 5.74) is 3.12. The molecule has 2 aromatic carbocycles. The van der Waals surface area contributed by atoms with E-state index >= 15 is 0 Å². The Hall–Kier alpha value is -3.28. The van der Waals surface area contributed by atoms with Crippen molar-refractivity contribution in [3.63, 3.8) is 0 Å². The molecule has 0 saturated heterocycles. The van der Waals surface area contributed by atoms with Gasteiger partial charge in [-0.3, -0.25) is 0 Å². The number of methoxy groups -OCH3 is 2. The standard InChI is InChI=1S/C22H26N4O2/c1-16-14-21(23-13-12-17-8-4-6-10-19(17)27-2)26-22(25-16)24-15-18-9-5-7-11-20(18)28-3/h4-11,14H,12-13,15H2,1-3H3,(H2,23,24,25,26). The highest BCUT2D eigenvalue weighted by Crippen LogP contribution is 2.20. The molecule has 0 saturated carbocycles. The minimum Gasteiger partial charge on any atom is -0.496 e. The van der Waals surface area contributed by atoms with Crippen molar-refractivity contribution in [1.82, 2.24) is 9.97 Å². The molecule has 146 valence electrons. The first-order valence-corrected chi connectivity index (χ1v) is 9.27. The maximum absolute atomic E-state index is 5.41. The number of hydrogen-bond acceptors (Lipinski definition) is 6. The number of anilines is 2. The Bertz CT molecular complexity index is 915. The summed E-state index contributed by atoms with van der Waals surface area (Å²) in [6.07, 6.45) is 0.844. The molecule has 6 heteroatoms. The van der Waals surface area contributed by atoms with Crippen LogP contribution in [0.5, 0.6) is 11.5 Å². The Morgan fingerprint density at radius 1 is 0.821 bits per heavy atom. The maximum Gasteiger partial charge on any atom is 0.225 e. The summed E-state index contributed by atoms with van der Waals surface area (Å²) in [6.45, 7) is 3.30. The van der Waals surface area contributed by atoms with Crippen LogP contribution in [0, 0.1) is 6.92 Å². The fourth-order valence-corrected chi connectivity index (χ4v) is 3.00. The zero-order valence-electron chi connectivity index (χ0n) is 16.5. The zero-order chi connectivity index (χ0) is 19.8. The quantitative estimate of drug-likeness (QED) is 0.585. The van der Waals surface area contributed by atoms with Crippen molar-refractivity contribution in [2.24, 2.45) is 0 Å². The first-order chi connectivity index (χ1) is 13.7. The SMILES string of the molecule is COc1ccccc1CCNc1cc(C)nc(NCc2ccccc2OC)n1. The molecule has 0 aliphatic carbocycles. The van der Waals surface area contributed by atoms with E-state index in [1.54, 1.807) is 14.2 Å². The monoisotopic (exact) mass is 378 g/mol. The summed E-state index contributed by atoms with van der Waals surface area (Å²) in [5, 5.41) is 6.66. The van der Waals surface area contributed by atoms with Crippen LogP contribution in [0.4, 0.5) is 11.8 Å². The van der Waals surface area contributed by atoms with Crippen molar-refractivity contribution in [2.75, 3.05) is 31.4 Å². The topological polar surface area (TPSA) is 68.3 Å². The van der Waals surface area contributed by atoms with E-state index in [0.717, 1.165) is 47.1 Å². The van der Waals surface area contributed by atoms with E-state index < -0.39 is 0 Å². The van der Waals surface area contributed by atoms with Gasteiger partial charge in [0, 0.05) is 30.4 Å². The van der Waals surface area contributed by atoms with Crippen LogP contribution in [-0.2, 0) is 13.0 Å².